The number of ether oxygens (including phenoxy) is 1. The van der Waals surface area contributed by atoms with E-state index in [-0.39, 0.29) is 12.2 Å². The van der Waals surface area contributed by atoms with E-state index >= 15 is 0 Å². The van der Waals surface area contributed by atoms with Crippen molar-refractivity contribution in [3.05, 3.63) is 48.6 Å². The Morgan fingerprint density at radius 3 is 2.43 bits per heavy atom. The summed E-state index contributed by atoms with van der Waals surface area (Å²) in [4.78, 5) is 24.0. The van der Waals surface area contributed by atoms with Gasteiger partial charge in [0.15, 0.2) is 5.78 Å². The molecule has 0 saturated heterocycles. The van der Waals surface area contributed by atoms with E-state index in [1.54, 1.807) is 20.8 Å². The number of allylic oxidation sites excluding steroid dienone is 1. The van der Waals surface area contributed by atoms with Crippen molar-refractivity contribution in [2.24, 2.45) is 0 Å². The fraction of sp³-hybridized carbons (Fsp3) is 0.412. The molecule has 0 heterocycles. The molecule has 1 rings (SSSR count). The second kappa shape index (κ2) is 7.62. The first-order valence-electron chi connectivity index (χ1n) is 6.99. The van der Waals surface area contributed by atoms with Crippen LogP contribution in [-0.4, -0.2) is 23.5 Å². The van der Waals surface area contributed by atoms with Gasteiger partial charge in [0, 0.05) is 6.42 Å². The van der Waals surface area contributed by atoms with Crippen molar-refractivity contribution in [1.82, 2.24) is 5.32 Å². The lowest BCUT2D eigenvalue weighted by Crippen LogP contribution is -2.44. The number of Topliss-reactive ketones (excluding diaryl/α,β-unsaturated/α-hetero) is 1. The van der Waals surface area contributed by atoms with Crippen molar-refractivity contribution >= 4 is 11.9 Å². The topological polar surface area (TPSA) is 55.4 Å². The SMILES string of the molecule is C=CCC(=O)[C@H](Cc1ccccc1)NC(=O)OC(C)(C)C. The summed E-state index contributed by atoms with van der Waals surface area (Å²) in [7, 11) is 0. The van der Waals surface area contributed by atoms with Crippen LogP contribution < -0.4 is 5.32 Å². The van der Waals surface area contributed by atoms with Crippen LogP contribution in [0.1, 0.15) is 32.8 Å². The van der Waals surface area contributed by atoms with Crippen LogP contribution in [0.25, 0.3) is 0 Å². The largest absolute Gasteiger partial charge is 0.444 e. The Kier molecular flexibility index (Phi) is 6.15. The highest BCUT2D eigenvalue weighted by Crippen LogP contribution is 2.09. The van der Waals surface area contributed by atoms with Gasteiger partial charge in [0.05, 0.1) is 6.04 Å². The molecule has 0 saturated carbocycles. The first kappa shape index (κ1) is 17.0. The van der Waals surface area contributed by atoms with Gasteiger partial charge in [-0.25, -0.2) is 4.79 Å². The number of amides is 1. The number of carbonyl (C=O) groups is 2. The highest BCUT2D eigenvalue weighted by molar-refractivity contribution is 5.88. The summed E-state index contributed by atoms with van der Waals surface area (Å²) in [6.07, 6.45) is 1.61. The molecule has 0 radical (unpaired) electrons. The molecule has 0 aliphatic carbocycles. The Labute approximate surface area is 126 Å². The van der Waals surface area contributed by atoms with Crippen LogP contribution in [0.5, 0.6) is 0 Å². The lowest BCUT2D eigenvalue weighted by molar-refractivity contribution is -0.120. The standard InChI is InChI=1S/C17H23NO3/c1-5-9-15(19)14(12-13-10-7-6-8-11-13)18-16(20)21-17(2,3)4/h5-8,10-11,14H,1,9,12H2,2-4H3,(H,18,20)/t14-/m0/s1. The highest BCUT2D eigenvalue weighted by atomic mass is 16.6. The van der Waals surface area contributed by atoms with E-state index in [1.165, 1.54) is 6.08 Å². The van der Waals surface area contributed by atoms with Gasteiger partial charge in [-0.05, 0) is 32.8 Å². The molecule has 1 atom stereocenters. The van der Waals surface area contributed by atoms with Crippen LogP contribution in [0.15, 0.2) is 43.0 Å². The molecule has 0 spiro atoms. The van der Waals surface area contributed by atoms with E-state index in [4.69, 9.17) is 4.74 Å². The van der Waals surface area contributed by atoms with Gasteiger partial charge in [-0.2, -0.15) is 0 Å². The summed E-state index contributed by atoms with van der Waals surface area (Å²) in [6.45, 7) is 8.91. The zero-order chi connectivity index (χ0) is 15.9. The predicted molar refractivity (Wildman–Crippen MR) is 83.1 cm³/mol. The lowest BCUT2D eigenvalue weighted by Gasteiger charge is -2.23. The van der Waals surface area contributed by atoms with Gasteiger partial charge in [0.2, 0.25) is 0 Å². The van der Waals surface area contributed by atoms with Crippen LogP contribution in [0, 0.1) is 0 Å². The highest BCUT2D eigenvalue weighted by Gasteiger charge is 2.23. The molecule has 0 unspecified atom stereocenters. The van der Waals surface area contributed by atoms with Gasteiger partial charge in [0.25, 0.3) is 0 Å². The van der Waals surface area contributed by atoms with Gasteiger partial charge in [0.1, 0.15) is 5.60 Å². The fourth-order valence-electron chi connectivity index (χ4n) is 1.83. The van der Waals surface area contributed by atoms with Crippen molar-refractivity contribution in [3.63, 3.8) is 0 Å². The molecule has 1 amide bonds. The minimum atomic E-state index is -0.611. The monoisotopic (exact) mass is 289 g/mol. The van der Waals surface area contributed by atoms with Crippen molar-refractivity contribution in [1.29, 1.82) is 0 Å². The summed E-state index contributed by atoms with van der Waals surface area (Å²) < 4.78 is 5.21. The molecule has 0 aliphatic heterocycles. The van der Waals surface area contributed by atoms with E-state index in [1.807, 2.05) is 30.3 Å². The maximum atomic E-state index is 12.1. The summed E-state index contributed by atoms with van der Waals surface area (Å²) in [6, 6.07) is 8.94. The quantitative estimate of drug-likeness (QED) is 0.818. The summed E-state index contributed by atoms with van der Waals surface area (Å²) >= 11 is 0. The molecule has 4 nitrogen and oxygen atoms in total. The molecular weight excluding hydrogens is 266 g/mol. The lowest BCUT2D eigenvalue weighted by atomic mass is 10.0. The number of benzene rings is 1. The van der Waals surface area contributed by atoms with Gasteiger partial charge in [-0.1, -0.05) is 36.4 Å². The summed E-state index contributed by atoms with van der Waals surface area (Å²) in [5.41, 5.74) is 0.388. The summed E-state index contributed by atoms with van der Waals surface area (Å²) in [5.74, 6) is -0.0836. The number of alkyl carbamates (subject to hydrolysis) is 1. The van der Waals surface area contributed by atoms with Gasteiger partial charge < -0.3 is 10.1 Å². The van der Waals surface area contributed by atoms with Crippen molar-refractivity contribution < 1.29 is 14.3 Å². The molecule has 0 aromatic heterocycles. The maximum absolute atomic E-state index is 12.1. The van der Waals surface area contributed by atoms with Crippen LogP contribution >= 0.6 is 0 Å². The third-order valence-corrected chi connectivity index (χ3v) is 2.71. The number of carbonyl (C=O) groups excluding carboxylic acids is 2. The third-order valence-electron chi connectivity index (χ3n) is 2.71. The van der Waals surface area contributed by atoms with Gasteiger partial charge in [-0.3, -0.25) is 4.79 Å². The van der Waals surface area contributed by atoms with Crippen molar-refractivity contribution in [3.8, 4) is 0 Å². The molecule has 21 heavy (non-hydrogen) atoms. The predicted octanol–water partition coefficient (Wildman–Crippen LogP) is 3.27. The molecule has 0 fully saturated rings. The first-order chi connectivity index (χ1) is 9.81. The van der Waals surface area contributed by atoms with Gasteiger partial charge >= 0.3 is 6.09 Å². The minimum absolute atomic E-state index is 0.0836. The Morgan fingerprint density at radius 2 is 1.90 bits per heavy atom. The molecule has 4 heteroatoms. The molecule has 0 bridgehead atoms. The van der Waals surface area contributed by atoms with Crippen LogP contribution in [0.3, 0.4) is 0 Å². The van der Waals surface area contributed by atoms with E-state index in [2.05, 4.69) is 11.9 Å². The number of hydrogen-bond acceptors (Lipinski definition) is 3. The second-order valence-electron chi connectivity index (χ2n) is 5.85. The Bertz CT molecular complexity index is 489. The number of hydrogen-bond donors (Lipinski definition) is 1. The van der Waals surface area contributed by atoms with E-state index < -0.39 is 17.7 Å². The minimum Gasteiger partial charge on any atom is -0.444 e. The van der Waals surface area contributed by atoms with Crippen LogP contribution in [0.2, 0.25) is 0 Å². The van der Waals surface area contributed by atoms with E-state index in [9.17, 15) is 9.59 Å². The zero-order valence-corrected chi connectivity index (χ0v) is 12.9. The van der Waals surface area contributed by atoms with Crippen molar-refractivity contribution in [2.45, 2.75) is 45.3 Å². The first-order valence-corrected chi connectivity index (χ1v) is 6.99. The molecular formula is C17H23NO3. The van der Waals surface area contributed by atoms with E-state index in [0.29, 0.717) is 6.42 Å². The molecule has 1 aromatic rings. The van der Waals surface area contributed by atoms with Gasteiger partial charge in [-0.15, -0.1) is 6.58 Å². The number of nitrogens with one attached hydrogen (secondary N) is 1. The van der Waals surface area contributed by atoms with Crippen molar-refractivity contribution in [2.75, 3.05) is 0 Å². The Morgan fingerprint density at radius 1 is 1.29 bits per heavy atom. The zero-order valence-electron chi connectivity index (χ0n) is 12.9. The van der Waals surface area contributed by atoms with Crippen LogP contribution in [0.4, 0.5) is 4.79 Å². The average molecular weight is 289 g/mol. The second-order valence-corrected chi connectivity index (χ2v) is 5.85. The Balaban J connectivity index is 2.75. The maximum Gasteiger partial charge on any atom is 0.408 e. The summed E-state index contributed by atoms with van der Waals surface area (Å²) in [5, 5.41) is 2.65. The Hall–Kier alpha value is -2.10. The van der Waals surface area contributed by atoms with E-state index in [0.717, 1.165) is 5.56 Å². The number of ketones is 1. The normalized spacial score (nSPS) is 12.3. The van der Waals surface area contributed by atoms with Crippen LogP contribution in [-0.2, 0) is 16.0 Å². The fourth-order valence-corrected chi connectivity index (χ4v) is 1.83. The molecule has 114 valence electrons. The average Bonchev–Trinajstić information content (AvgIpc) is 2.37. The smallest absolute Gasteiger partial charge is 0.408 e. The molecule has 1 aromatic carbocycles. The molecule has 1 N–H and O–H groups in total. The third kappa shape index (κ3) is 6.75. The molecule has 0 aliphatic rings. The number of rotatable bonds is 6.